The van der Waals surface area contributed by atoms with Crippen LogP contribution in [0.1, 0.15) is 0 Å². The summed E-state index contributed by atoms with van der Waals surface area (Å²) in [4.78, 5) is 0. The van der Waals surface area contributed by atoms with Gasteiger partial charge in [-0.15, -0.1) is 0 Å². The van der Waals surface area contributed by atoms with E-state index in [1.807, 2.05) is 0 Å². The van der Waals surface area contributed by atoms with Crippen LogP contribution in [-0.2, 0) is 10.2 Å². The lowest BCUT2D eigenvalue weighted by Gasteiger charge is -1.66. The second-order valence-corrected chi connectivity index (χ2v) is 1.78. The minimum absolute atomic E-state index is 0.257. The number of rotatable bonds is 1. The molecule has 0 bridgehead atoms. The van der Waals surface area contributed by atoms with E-state index >= 15 is 0 Å². The Morgan fingerprint density at radius 1 is 1.67 bits per heavy atom. The molecule has 0 aliphatic rings. The van der Waals surface area contributed by atoms with Crippen LogP contribution < -0.4 is 0 Å². The predicted molar refractivity (Wildman–Crippen MR) is 18.8 cm³/mol. The van der Waals surface area contributed by atoms with E-state index < -0.39 is 10.2 Å². The Morgan fingerprint density at radius 3 is 1.83 bits per heavy atom. The van der Waals surface area contributed by atoms with Crippen molar-refractivity contribution in [2.45, 2.75) is 0 Å². The summed E-state index contributed by atoms with van der Waals surface area (Å²) >= 11 is 0. The number of nitrogens with one attached hydrogen (secondary N) is 1. The average molecular weight is 111 g/mol. The van der Waals surface area contributed by atoms with Gasteiger partial charge in [-0.25, -0.2) is 0 Å². The van der Waals surface area contributed by atoms with Gasteiger partial charge >= 0.3 is 10.2 Å². The zero-order chi connectivity index (χ0) is 5.21. The van der Waals surface area contributed by atoms with Crippen molar-refractivity contribution in [2.24, 2.45) is 0 Å². The standard InChI is InChI=1S/CH2FNO2S/c2-6(4,5)1-3/h1,3H. The molecule has 0 aromatic heterocycles. The van der Waals surface area contributed by atoms with Crippen molar-refractivity contribution in [3.05, 3.63) is 0 Å². The average Bonchev–Trinajstić information content (AvgIpc) is 1.35. The molecule has 1 N–H and O–H groups in total. The van der Waals surface area contributed by atoms with Crippen molar-refractivity contribution in [3.63, 3.8) is 0 Å². The maximum absolute atomic E-state index is 10.8. The molecule has 0 fully saturated rings. The highest BCUT2D eigenvalue weighted by Crippen LogP contribution is 1.78. The van der Waals surface area contributed by atoms with Crippen molar-refractivity contribution in [3.8, 4) is 0 Å². The Kier molecular flexibility index (Phi) is 1.24. The van der Waals surface area contributed by atoms with Gasteiger partial charge < -0.3 is 0 Å². The topological polar surface area (TPSA) is 58.0 Å². The molecule has 0 unspecified atom stereocenters. The van der Waals surface area contributed by atoms with Crippen molar-refractivity contribution >= 4 is 15.8 Å². The second-order valence-electron chi connectivity index (χ2n) is 0.593. The van der Waals surface area contributed by atoms with Crippen molar-refractivity contribution in [1.82, 2.24) is 0 Å². The van der Waals surface area contributed by atoms with E-state index in [-0.39, 0.29) is 5.55 Å². The maximum Gasteiger partial charge on any atom is 0.341 e. The van der Waals surface area contributed by atoms with Gasteiger partial charge in [0.15, 0.2) is 0 Å². The number of halogens is 1. The first-order valence-corrected chi connectivity index (χ1v) is 2.46. The molecule has 0 radical (unpaired) electrons. The molecule has 0 rings (SSSR count). The lowest BCUT2D eigenvalue weighted by molar-refractivity contribution is 0.567. The highest BCUT2D eigenvalue weighted by Gasteiger charge is 1.94. The summed E-state index contributed by atoms with van der Waals surface area (Å²) in [5.41, 5.74) is -0.257. The summed E-state index contributed by atoms with van der Waals surface area (Å²) in [7, 11) is -4.62. The molecule has 0 saturated carbocycles. The largest absolute Gasteiger partial charge is 0.341 e. The van der Waals surface area contributed by atoms with E-state index in [2.05, 4.69) is 0 Å². The summed E-state index contributed by atoms with van der Waals surface area (Å²) in [5, 5.41) is 5.77. The molecule has 0 heterocycles. The molecule has 0 aliphatic heterocycles. The molecule has 36 valence electrons. The SMILES string of the molecule is N=CS(=O)(=O)F. The Labute approximate surface area is 34.5 Å². The Balaban J connectivity index is 4.25. The number of hydrogen-bond donors (Lipinski definition) is 1. The van der Waals surface area contributed by atoms with E-state index in [0.29, 0.717) is 0 Å². The molecule has 0 atom stereocenters. The van der Waals surface area contributed by atoms with E-state index in [4.69, 9.17) is 13.8 Å². The van der Waals surface area contributed by atoms with Crippen LogP contribution in [0.2, 0.25) is 0 Å². The molecule has 0 amide bonds. The van der Waals surface area contributed by atoms with Crippen molar-refractivity contribution < 1.29 is 12.3 Å². The van der Waals surface area contributed by atoms with E-state index in [1.54, 1.807) is 0 Å². The Morgan fingerprint density at radius 2 is 1.83 bits per heavy atom. The molecular formula is CH2FNO2S. The van der Waals surface area contributed by atoms with E-state index in [1.165, 1.54) is 0 Å². The summed E-state index contributed by atoms with van der Waals surface area (Å²) in [6.07, 6.45) is 0. The van der Waals surface area contributed by atoms with Crippen molar-refractivity contribution in [2.75, 3.05) is 0 Å². The van der Waals surface area contributed by atoms with Crippen LogP contribution >= 0.6 is 0 Å². The van der Waals surface area contributed by atoms with Gasteiger partial charge in [-0.3, -0.25) is 5.41 Å². The first-order valence-electron chi connectivity index (χ1n) is 1.01. The van der Waals surface area contributed by atoms with Crippen LogP contribution in [0, 0.1) is 5.41 Å². The van der Waals surface area contributed by atoms with Crippen LogP contribution in [0.5, 0.6) is 0 Å². The van der Waals surface area contributed by atoms with Gasteiger partial charge in [0.1, 0.15) is 5.55 Å². The molecule has 5 heteroatoms. The van der Waals surface area contributed by atoms with Gasteiger partial charge in [-0.2, -0.15) is 8.42 Å². The highest BCUT2D eigenvalue weighted by atomic mass is 32.3. The van der Waals surface area contributed by atoms with Crippen LogP contribution in [0.3, 0.4) is 0 Å². The van der Waals surface area contributed by atoms with Gasteiger partial charge in [0.2, 0.25) is 0 Å². The molecular weight excluding hydrogens is 109 g/mol. The molecule has 6 heavy (non-hydrogen) atoms. The first kappa shape index (κ1) is 5.55. The lowest BCUT2D eigenvalue weighted by Crippen LogP contribution is -1.85. The number of hydrogen-bond acceptors (Lipinski definition) is 3. The zero-order valence-corrected chi connectivity index (χ0v) is 3.50. The van der Waals surface area contributed by atoms with Gasteiger partial charge in [0, 0.05) is 0 Å². The monoisotopic (exact) mass is 111 g/mol. The third kappa shape index (κ3) is 3.55. The molecule has 0 aliphatic carbocycles. The fourth-order valence-corrected chi connectivity index (χ4v) is 0. The van der Waals surface area contributed by atoms with Gasteiger partial charge in [0.05, 0.1) is 0 Å². The zero-order valence-electron chi connectivity index (χ0n) is 2.68. The third-order valence-corrected chi connectivity index (χ3v) is 0.422. The van der Waals surface area contributed by atoms with Gasteiger partial charge in [-0.05, 0) is 0 Å². The Hall–Kier alpha value is -0.450. The van der Waals surface area contributed by atoms with Crippen LogP contribution in [0.4, 0.5) is 3.89 Å². The maximum atomic E-state index is 10.8. The highest BCUT2D eigenvalue weighted by molar-refractivity contribution is 7.99. The minimum Gasteiger partial charge on any atom is -0.295 e. The van der Waals surface area contributed by atoms with Crippen LogP contribution in [-0.4, -0.2) is 14.0 Å². The molecule has 0 aromatic carbocycles. The normalized spacial score (nSPS) is 10.8. The summed E-state index contributed by atoms with van der Waals surface area (Å²) in [6.45, 7) is 0. The molecule has 0 aromatic rings. The first-order chi connectivity index (χ1) is 2.56. The smallest absolute Gasteiger partial charge is 0.295 e. The molecule has 0 saturated heterocycles. The minimum atomic E-state index is -4.62. The third-order valence-electron chi connectivity index (χ3n) is 0.141. The Bertz CT molecular complexity index is 124. The molecule has 0 spiro atoms. The second kappa shape index (κ2) is 1.34. The van der Waals surface area contributed by atoms with Crippen LogP contribution in [0.25, 0.3) is 0 Å². The molecule has 3 nitrogen and oxygen atoms in total. The van der Waals surface area contributed by atoms with Gasteiger partial charge in [-0.1, -0.05) is 3.89 Å². The fourth-order valence-electron chi connectivity index (χ4n) is 0. The van der Waals surface area contributed by atoms with E-state index in [0.717, 1.165) is 0 Å². The summed E-state index contributed by atoms with van der Waals surface area (Å²) in [6, 6.07) is 0. The van der Waals surface area contributed by atoms with Crippen LogP contribution in [0.15, 0.2) is 0 Å². The quantitative estimate of drug-likeness (QED) is 0.291. The summed E-state index contributed by atoms with van der Waals surface area (Å²) in [5.74, 6) is 0. The lowest BCUT2D eigenvalue weighted by atomic mass is 11.7. The van der Waals surface area contributed by atoms with Gasteiger partial charge in [0.25, 0.3) is 0 Å². The summed E-state index contributed by atoms with van der Waals surface area (Å²) < 4.78 is 29.0. The van der Waals surface area contributed by atoms with Crippen molar-refractivity contribution in [1.29, 1.82) is 5.41 Å². The predicted octanol–water partition coefficient (Wildman–Crippen LogP) is -0.107. The van der Waals surface area contributed by atoms with E-state index in [9.17, 15) is 3.89 Å². The fraction of sp³-hybridized carbons (Fsp3) is 0.